The molecule has 0 fully saturated rings. The lowest BCUT2D eigenvalue weighted by Gasteiger charge is -2.29. The fourth-order valence-electron chi connectivity index (χ4n) is 3.96. The molecule has 168 valence electrons. The number of hydrazone groups is 1. The number of para-hydroxylation sites is 1. The van der Waals surface area contributed by atoms with Gasteiger partial charge in [-0.05, 0) is 23.3 Å². The Morgan fingerprint density at radius 1 is 0.970 bits per heavy atom. The Labute approximate surface area is 192 Å². The lowest BCUT2D eigenvalue weighted by molar-refractivity contribution is -0.119. The van der Waals surface area contributed by atoms with E-state index in [9.17, 15) is 14.7 Å². The molecule has 0 saturated carbocycles. The number of primary amides is 1. The molecule has 2 amide bonds. The molecule has 2 atom stereocenters. The zero-order valence-electron chi connectivity index (χ0n) is 18.1. The average molecular weight is 443 g/mol. The summed E-state index contributed by atoms with van der Waals surface area (Å²) in [4.78, 5) is 25.0. The van der Waals surface area contributed by atoms with Gasteiger partial charge in [0.1, 0.15) is 17.4 Å². The van der Waals surface area contributed by atoms with Gasteiger partial charge in [-0.15, -0.1) is 0 Å². The lowest BCUT2D eigenvalue weighted by atomic mass is 9.87. The Kier molecular flexibility index (Phi) is 6.51. The number of aliphatic hydroxyl groups is 1. The predicted molar refractivity (Wildman–Crippen MR) is 127 cm³/mol. The van der Waals surface area contributed by atoms with E-state index in [1.165, 1.54) is 5.01 Å². The minimum absolute atomic E-state index is 0.0175. The van der Waals surface area contributed by atoms with Crippen LogP contribution in [0.1, 0.15) is 17.5 Å². The van der Waals surface area contributed by atoms with Crippen molar-refractivity contribution in [2.75, 3.05) is 11.6 Å². The van der Waals surface area contributed by atoms with Crippen molar-refractivity contribution in [2.45, 2.75) is 24.5 Å². The van der Waals surface area contributed by atoms with Gasteiger partial charge in [-0.25, -0.2) is 0 Å². The van der Waals surface area contributed by atoms with Crippen molar-refractivity contribution in [3.05, 3.63) is 102 Å². The monoisotopic (exact) mass is 442 g/mol. The Balaban J connectivity index is 1.53. The summed E-state index contributed by atoms with van der Waals surface area (Å²) in [6, 6.07) is 27.2. The normalized spacial score (nSPS) is 17.2. The van der Waals surface area contributed by atoms with Gasteiger partial charge in [0.05, 0.1) is 12.2 Å². The minimum Gasteiger partial charge on any atom is -0.383 e. The van der Waals surface area contributed by atoms with Gasteiger partial charge in [-0.2, -0.15) is 5.10 Å². The highest BCUT2D eigenvalue weighted by molar-refractivity contribution is 6.40. The van der Waals surface area contributed by atoms with Crippen molar-refractivity contribution >= 4 is 23.2 Å². The van der Waals surface area contributed by atoms with Gasteiger partial charge in [0.15, 0.2) is 0 Å². The number of hydrogen-bond donors (Lipinski definition) is 3. The molecule has 4 rings (SSSR count). The molecule has 0 bridgehead atoms. The van der Waals surface area contributed by atoms with E-state index in [0.29, 0.717) is 17.7 Å². The summed E-state index contributed by atoms with van der Waals surface area (Å²) in [7, 11) is 0. The molecule has 3 aromatic rings. The molecule has 0 aliphatic carbocycles. The molecule has 0 radical (unpaired) electrons. The second kappa shape index (κ2) is 9.67. The van der Waals surface area contributed by atoms with E-state index < -0.39 is 23.5 Å². The fourth-order valence-corrected chi connectivity index (χ4v) is 3.96. The van der Waals surface area contributed by atoms with E-state index in [2.05, 4.69) is 10.4 Å². The number of benzene rings is 3. The molecular formula is C26H26N4O3. The topological polar surface area (TPSA) is 108 Å². The molecular weight excluding hydrogens is 416 g/mol. The van der Waals surface area contributed by atoms with Gasteiger partial charge in [0.2, 0.25) is 5.91 Å². The highest BCUT2D eigenvalue weighted by Gasteiger charge is 2.36. The Bertz CT molecular complexity index is 1140. The van der Waals surface area contributed by atoms with Crippen LogP contribution in [0.25, 0.3) is 0 Å². The molecule has 1 aliphatic rings. The van der Waals surface area contributed by atoms with Gasteiger partial charge in [-0.3, -0.25) is 14.6 Å². The molecule has 7 heteroatoms. The second-order valence-electron chi connectivity index (χ2n) is 8.09. The number of nitrogens with one attached hydrogen (secondary N) is 1. The zero-order valence-corrected chi connectivity index (χ0v) is 18.1. The summed E-state index contributed by atoms with van der Waals surface area (Å²) < 4.78 is 0. The number of carbonyl (C=O) groups is 2. The van der Waals surface area contributed by atoms with Crippen LogP contribution in [-0.4, -0.2) is 35.2 Å². The quantitative estimate of drug-likeness (QED) is 0.498. The van der Waals surface area contributed by atoms with Crippen LogP contribution in [0.4, 0.5) is 5.69 Å². The van der Waals surface area contributed by atoms with E-state index in [1.54, 1.807) is 12.1 Å². The molecule has 0 saturated heterocycles. The number of nitrogens with zero attached hydrogens (tertiary/aromatic N) is 2. The van der Waals surface area contributed by atoms with Gasteiger partial charge in [-0.1, -0.05) is 78.9 Å². The summed E-state index contributed by atoms with van der Waals surface area (Å²) in [5.41, 5.74) is 6.76. The van der Waals surface area contributed by atoms with Crippen LogP contribution in [0.3, 0.4) is 0 Å². The maximum atomic E-state index is 13.0. The third-order valence-corrected chi connectivity index (χ3v) is 5.71. The Morgan fingerprint density at radius 3 is 2.15 bits per heavy atom. The summed E-state index contributed by atoms with van der Waals surface area (Å²) >= 11 is 0. The second-order valence-corrected chi connectivity index (χ2v) is 8.09. The largest absolute Gasteiger partial charge is 0.383 e. The van der Waals surface area contributed by atoms with Crippen LogP contribution in [0.5, 0.6) is 0 Å². The standard InChI is InChI=1S/C26H26N4O3/c27-24(31)23-16-22(29-30(23)21-14-8-3-9-15-21)25(32)28-18-26(33,20-12-6-2-7-13-20)17-19-10-4-1-5-11-19/h1-15,23,33H,16-18H2,(H2,27,31)(H,28,32)/t23-,26+/m0/s1. The first kappa shape index (κ1) is 22.2. The Hall–Kier alpha value is -3.97. The van der Waals surface area contributed by atoms with Gasteiger partial charge >= 0.3 is 0 Å². The third kappa shape index (κ3) is 5.10. The van der Waals surface area contributed by atoms with Crippen molar-refractivity contribution in [2.24, 2.45) is 10.8 Å². The van der Waals surface area contributed by atoms with Crippen LogP contribution >= 0.6 is 0 Å². The number of anilines is 1. The number of hydrogen-bond acceptors (Lipinski definition) is 5. The first-order chi connectivity index (χ1) is 16.0. The highest BCUT2D eigenvalue weighted by atomic mass is 16.3. The van der Waals surface area contributed by atoms with E-state index >= 15 is 0 Å². The molecule has 0 spiro atoms. The molecule has 7 nitrogen and oxygen atoms in total. The summed E-state index contributed by atoms with van der Waals surface area (Å²) in [6.07, 6.45) is 0.420. The van der Waals surface area contributed by atoms with Crippen molar-refractivity contribution in [3.63, 3.8) is 0 Å². The van der Waals surface area contributed by atoms with E-state index in [0.717, 1.165) is 5.56 Å². The average Bonchev–Trinajstić information content (AvgIpc) is 3.31. The summed E-state index contributed by atoms with van der Waals surface area (Å²) in [5, 5.41) is 20.2. The van der Waals surface area contributed by atoms with Gasteiger partial charge in [0, 0.05) is 12.8 Å². The van der Waals surface area contributed by atoms with Crippen molar-refractivity contribution < 1.29 is 14.7 Å². The molecule has 1 aliphatic heterocycles. The first-order valence-electron chi connectivity index (χ1n) is 10.8. The Morgan fingerprint density at radius 2 is 1.55 bits per heavy atom. The van der Waals surface area contributed by atoms with E-state index in [1.807, 2.05) is 78.9 Å². The van der Waals surface area contributed by atoms with E-state index in [-0.39, 0.29) is 18.7 Å². The van der Waals surface area contributed by atoms with Crippen LogP contribution in [0, 0.1) is 0 Å². The lowest BCUT2D eigenvalue weighted by Crippen LogP contribution is -2.44. The maximum Gasteiger partial charge on any atom is 0.267 e. The van der Waals surface area contributed by atoms with Gasteiger partial charge < -0.3 is 16.2 Å². The van der Waals surface area contributed by atoms with Crippen LogP contribution in [0.2, 0.25) is 0 Å². The molecule has 1 heterocycles. The molecule has 33 heavy (non-hydrogen) atoms. The molecule has 0 unspecified atom stereocenters. The number of nitrogens with two attached hydrogens (primary N) is 1. The van der Waals surface area contributed by atoms with Crippen molar-refractivity contribution in [1.29, 1.82) is 0 Å². The summed E-state index contributed by atoms with van der Waals surface area (Å²) in [5.74, 6) is -1.00. The summed E-state index contributed by atoms with van der Waals surface area (Å²) in [6.45, 7) is -0.0175. The fraction of sp³-hybridized carbons (Fsp3) is 0.192. The third-order valence-electron chi connectivity index (χ3n) is 5.71. The van der Waals surface area contributed by atoms with Crippen molar-refractivity contribution in [3.8, 4) is 0 Å². The van der Waals surface area contributed by atoms with Gasteiger partial charge in [0.25, 0.3) is 5.91 Å². The number of amides is 2. The predicted octanol–water partition coefficient (Wildman–Crippen LogP) is 2.35. The van der Waals surface area contributed by atoms with Crippen LogP contribution in [-0.2, 0) is 21.6 Å². The molecule has 3 aromatic carbocycles. The minimum atomic E-state index is -1.32. The molecule has 4 N–H and O–H groups in total. The maximum absolute atomic E-state index is 13.0. The molecule has 0 aromatic heterocycles. The zero-order chi connectivity index (χ0) is 23.3. The van der Waals surface area contributed by atoms with Crippen molar-refractivity contribution in [1.82, 2.24) is 5.32 Å². The van der Waals surface area contributed by atoms with Crippen LogP contribution < -0.4 is 16.1 Å². The highest BCUT2D eigenvalue weighted by Crippen LogP contribution is 2.27. The first-order valence-corrected chi connectivity index (χ1v) is 10.8. The number of rotatable bonds is 8. The SMILES string of the molecule is NC(=O)[C@@H]1CC(C(=O)NC[C@](O)(Cc2ccccc2)c2ccccc2)=NN1c1ccccc1. The van der Waals surface area contributed by atoms with E-state index in [4.69, 9.17) is 5.73 Å². The number of carbonyl (C=O) groups excluding carboxylic acids is 2. The smallest absolute Gasteiger partial charge is 0.267 e. The van der Waals surface area contributed by atoms with Crippen LogP contribution in [0.15, 0.2) is 96.1 Å².